The van der Waals surface area contributed by atoms with Gasteiger partial charge in [-0.2, -0.15) is 0 Å². The molecule has 1 N–H and O–H groups in total. The lowest BCUT2D eigenvalue weighted by Gasteiger charge is -2.06. The number of nitrogens with zero attached hydrogens (tertiary/aromatic N) is 1. The molecule has 0 unspecified atom stereocenters. The smallest absolute Gasteiger partial charge is 0.307 e. The molecule has 0 radical (unpaired) electrons. The molecular weight excluding hydrogens is 332 g/mol. The highest BCUT2D eigenvalue weighted by Crippen LogP contribution is 2.30. The minimum Gasteiger partial charge on any atom is -0.493 e. The van der Waals surface area contributed by atoms with Gasteiger partial charge in [-0.1, -0.05) is 18.2 Å². The molecule has 0 bridgehead atoms. The molecular formula is C16H18N2O5S. The lowest BCUT2D eigenvalue weighted by Crippen LogP contribution is -2.23. The Morgan fingerprint density at radius 1 is 1.38 bits per heavy atom. The summed E-state index contributed by atoms with van der Waals surface area (Å²) in [4.78, 5) is 15.9. The first-order valence-corrected chi connectivity index (χ1v) is 9.19. The Hall–Kier alpha value is -2.61. The normalized spacial score (nSPS) is 11.6. The Kier molecular flexibility index (Phi) is 5.75. The molecule has 0 aliphatic carbocycles. The minimum absolute atomic E-state index is 0.0547. The summed E-state index contributed by atoms with van der Waals surface area (Å²) in [5.74, 6) is 0.410. The number of nitrogens with one attached hydrogen (secondary N) is 1. The zero-order chi connectivity index (χ0) is 17.6. The number of ether oxygens (including phenoxy) is 1. The lowest BCUT2D eigenvalue weighted by atomic mass is 10.1. The summed E-state index contributed by atoms with van der Waals surface area (Å²) in [5.41, 5.74) is 0.697. The summed E-state index contributed by atoms with van der Waals surface area (Å²) >= 11 is 0. The van der Waals surface area contributed by atoms with Crippen LogP contribution in [0.15, 0.2) is 46.4 Å². The van der Waals surface area contributed by atoms with Crippen molar-refractivity contribution in [3.05, 3.63) is 47.8 Å². The van der Waals surface area contributed by atoms with Crippen LogP contribution in [0.3, 0.4) is 0 Å². The van der Waals surface area contributed by atoms with Crippen LogP contribution in [0.2, 0.25) is 0 Å². The van der Waals surface area contributed by atoms with E-state index in [1.54, 1.807) is 6.07 Å². The first-order chi connectivity index (χ1) is 11.4. The first kappa shape index (κ1) is 17.7. The molecule has 128 valence electrons. The van der Waals surface area contributed by atoms with E-state index in [2.05, 4.69) is 10.3 Å². The second kappa shape index (κ2) is 7.78. The van der Waals surface area contributed by atoms with Gasteiger partial charge in [0.05, 0.1) is 18.4 Å². The second-order valence-electron chi connectivity index (χ2n) is 4.87. The molecule has 8 heteroatoms. The number of benzene rings is 1. The Bertz CT molecular complexity index is 840. The molecule has 0 fully saturated rings. The highest BCUT2D eigenvalue weighted by atomic mass is 32.2. The minimum atomic E-state index is -3.21. The molecule has 7 nitrogen and oxygen atoms in total. The maximum atomic E-state index is 11.9. The van der Waals surface area contributed by atoms with Gasteiger partial charge in [-0.15, -0.1) is 0 Å². The van der Waals surface area contributed by atoms with E-state index < -0.39 is 15.7 Å². The van der Waals surface area contributed by atoms with Gasteiger partial charge in [-0.3, -0.25) is 4.79 Å². The van der Waals surface area contributed by atoms with Gasteiger partial charge in [-0.05, 0) is 19.1 Å². The molecule has 1 aromatic heterocycles. The monoisotopic (exact) mass is 350 g/mol. The van der Waals surface area contributed by atoms with E-state index in [9.17, 15) is 13.2 Å². The number of hydrogen-bond donors (Lipinski definition) is 1. The summed E-state index contributed by atoms with van der Waals surface area (Å²) in [7, 11) is -3.21. The number of carbonyl (C=O) groups is 1. The van der Waals surface area contributed by atoms with Crippen LogP contribution in [-0.2, 0) is 9.84 Å². The molecule has 0 spiro atoms. The Morgan fingerprint density at radius 2 is 2.12 bits per heavy atom. The predicted molar refractivity (Wildman–Crippen MR) is 89.4 cm³/mol. The summed E-state index contributed by atoms with van der Waals surface area (Å²) in [6, 6.07) is 7.28. The molecule has 2 rings (SSSR count). The third-order valence-electron chi connectivity index (χ3n) is 2.88. The van der Waals surface area contributed by atoms with Crippen molar-refractivity contribution >= 4 is 15.7 Å². The van der Waals surface area contributed by atoms with Gasteiger partial charge in [0.15, 0.2) is 15.6 Å². The van der Waals surface area contributed by atoms with Crippen LogP contribution in [-0.4, -0.2) is 38.7 Å². The number of amides is 1. The maximum absolute atomic E-state index is 11.9. The number of sulfone groups is 1. The molecule has 2 aromatic rings. The number of oxazole rings is 1. The highest BCUT2D eigenvalue weighted by Gasteiger charge is 2.15. The van der Waals surface area contributed by atoms with Crippen molar-refractivity contribution in [3.63, 3.8) is 0 Å². The van der Waals surface area contributed by atoms with Crippen LogP contribution in [0, 0.1) is 0 Å². The van der Waals surface area contributed by atoms with Crippen molar-refractivity contribution in [1.29, 1.82) is 0 Å². The van der Waals surface area contributed by atoms with Gasteiger partial charge in [0.1, 0.15) is 5.75 Å². The third-order valence-corrected chi connectivity index (χ3v) is 3.56. The van der Waals surface area contributed by atoms with E-state index in [0.29, 0.717) is 23.7 Å². The first-order valence-electron chi connectivity index (χ1n) is 7.23. The molecule has 1 amide bonds. The van der Waals surface area contributed by atoms with Crippen molar-refractivity contribution in [2.24, 2.45) is 0 Å². The van der Waals surface area contributed by atoms with Crippen molar-refractivity contribution in [3.8, 4) is 17.1 Å². The van der Waals surface area contributed by atoms with E-state index in [1.165, 1.54) is 12.3 Å². The molecule has 24 heavy (non-hydrogen) atoms. The molecule has 0 aliphatic rings. The molecule has 0 aliphatic heterocycles. The number of carbonyl (C=O) groups excluding carboxylic acids is 1. The largest absolute Gasteiger partial charge is 0.493 e. The molecule has 1 aromatic carbocycles. The number of rotatable bonds is 7. The molecule has 0 atom stereocenters. The van der Waals surface area contributed by atoms with E-state index in [0.717, 1.165) is 11.7 Å². The van der Waals surface area contributed by atoms with Gasteiger partial charge in [0.25, 0.3) is 5.89 Å². The Labute approximate surface area is 140 Å². The van der Waals surface area contributed by atoms with Crippen LogP contribution in [0.25, 0.3) is 11.3 Å². The van der Waals surface area contributed by atoms with Crippen LogP contribution in [0.5, 0.6) is 5.75 Å². The lowest BCUT2D eigenvalue weighted by molar-refractivity contribution is 0.0924. The fourth-order valence-corrected chi connectivity index (χ4v) is 2.35. The van der Waals surface area contributed by atoms with E-state index in [4.69, 9.17) is 9.15 Å². The van der Waals surface area contributed by atoms with E-state index in [-0.39, 0.29) is 12.4 Å². The van der Waals surface area contributed by atoms with Crippen LogP contribution in [0.1, 0.15) is 17.6 Å². The third kappa shape index (κ3) is 4.95. The fraction of sp³-hybridized carbons (Fsp3) is 0.250. The standard InChI is InChI=1S/C16H18N2O5S/c1-3-22-13-8-5-4-7-12(13)14-11-18-16(23-14)15(19)17-9-6-10-24(2,20)21/h4-8,10-11H,3,9H2,1-2H3,(H,17,19)/b10-6+. The highest BCUT2D eigenvalue weighted by molar-refractivity contribution is 7.93. The van der Waals surface area contributed by atoms with Gasteiger partial charge >= 0.3 is 5.91 Å². The predicted octanol–water partition coefficient (Wildman–Crippen LogP) is 2.03. The average molecular weight is 350 g/mol. The Morgan fingerprint density at radius 3 is 2.83 bits per heavy atom. The molecule has 0 saturated carbocycles. The molecule has 0 saturated heterocycles. The fourth-order valence-electron chi connectivity index (χ4n) is 1.91. The quantitative estimate of drug-likeness (QED) is 0.820. The summed E-state index contributed by atoms with van der Waals surface area (Å²) < 4.78 is 32.9. The number of para-hydroxylation sites is 1. The second-order valence-corrected chi connectivity index (χ2v) is 6.80. The zero-order valence-electron chi connectivity index (χ0n) is 13.4. The number of aromatic nitrogens is 1. The van der Waals surface area contributed by atoms with Crippen LogP contribution < -0.4 is 10.1 Å². The summed E-state index contributed by atoms with van der Waals surface area (Å²) in [5, 5.41) is 3.52. The van der Waals surface area contributed by atoms with Gasteiger partial charge in [0.2, 0.25) is 0 Å². The van der Waals surface area contributed by atoms with E-state index >= 15 is 0 Å². The maximum Gasteiger partial charge on any atom is 0.307 e. The van der Waals surface area contributed by atoms with Gasteiger partial charge in [-0.25, -0.2) is 13.4 Å². The summed E-state index contributed by atoms with van der Waals surface area (Å²) in [6.07, 6.45) is 3.85. The Balaban J connectivity index is 2.08. The van der Waals surface area contributed by atoms with Crippen LogP contribution in [0.4, 0.5) is 0 Å². The zero-order valence-corrected chi connectivity index (χ0v) is 14.2. The van der Waals surface area contributed by atoms with Crippen molar-refractivity contribution < 1.29 is 22.4 Å². The van der Waals surface area contributed by atoms with Crippen molar-refractivity contribution in [2.45, 2.75) is 6.92 Å². The van der Waals surface area contributed by atoms with Crippen molar-refractivity contribution in [2.75, 3.05) is 19.4 Å². The van der Waals surface area contributed by atoms with E-state index in [1.807, 2.05) is 25.1 Å². The van der Waals surface area contributed by atoms with Crippen LogP contribution >= 0.6 is 0 Å². The SMILES string of the molecule is CCOc1ccccc1-c1cnc(C(=O)NC/C=C/S(C)(=O)=O)o1. The van der Waals surface area contributed by atoms with Gasteiger partial charge < -0.3 is 14.5 Å². The average Bonchev–Trinajstić information content (AvgIpc) is 3.01. The summed E-state index contributed by atoms with van der Waals surface area (Å²) in [6.45, 7) is 2.43. The number of hydrogen-bond acceptors (Lipinski definition) is 6. The van der Waals surface area contributed by atoms with Gasteiger partial charge in [0, 0.05) is 18.2 Å². The topological polar surface area (TPSA) is 98.5 Å². The molecule has 1 heterocycles. The van der Waals surface area contributed by atoms with Crippen molar-refractivity contribution in [1.82, 2.24) is 10.3 Å².